The van der Waals surface area contributed by atoms with E-state index in [1.165, 1.54) is 12.0 Å². The fraction of sp³-hybridized carbons (Fsp3) is 0.615. The third-order valence-electron chi connectivity index (χ3n) is 3.34. The molecule has 3 nitrogen and oxygen atoms in total. The summed E-state index contributed by atoms with van der Waals surface area (Å²) in [6.07, 6.45) is 4.98. The Morgan fingerprint density at radius 1 is 1.56 bits per heavy atom. The molecule has 2 rings (SSSR count). The van der Waals surface area contributed by atoms with Crippen LogP contribution in [0.15, 0.2) is 24.5 Å². The zero-order chi connectivity index (χ0) is 11.6. The maximum Gasteiger partial charge on any atom is 0.0312 e. The van der Waals surface area contributed by atoms with Crippen molar-refractivity contribution in [1.29, 1.82) is 0 Å². The lowest BCUT2D eigenvalue weighted by molar-refractivity contribution is 0.240. The van der Waals surface area contributed by atoms with Gasteiger partial charge in [-0.25, -0.2) is 0 Å². The van der Waals surface area contributed by atoms with E-state index in [9.17, 15) is 0 Å². The van der Waals surface area contributed by atoms with Crippen molar-refractivity contribution in [2.75, 3.05) is 13.6 Å². The van der Waals surface area contributed by atoms with E-state index < -0.39 is 0 Å². The summed E-state index contributed by atoms with van der Waals surface area (Å²) < 4.78 is 0. The largest absolute Gasteiger partial charge is 0.310 e. The summed E-state index contributed by atoms with van der Waals surface area (Å²) in [6, 6.07) is 4.77. The molecule has 1 atom stereocenters. The second kappa shape index (κ2) is 4.52. The highest BCUT2D eigenvalue weighted by Crippen LogP contribution is 2.22. The predicted molar refractivity (Wildman–Crippen MR) is 66.2 cm³/mol. The molecule has 1 saturated heterocycles. The van der Waals surface area contributed by atoms with Gasteiger partial charge in [-0.05, 0) is 38.9 Å². The smallest absolute Gasteiger partial charge is 0.0312 e. The van der Waals surface area contributed by atoms with Crippen LogP contribution in [0.2, 0.25) is 0 Å². The van der Waals surface area contributed by atoms with Gasteiger partial charge in [-0.15, -0.1) is 0 Å². The van der Waals surface area contributed by atoms with E-state index in [-0.39, 0.29) is 5.54 Å². The number of hydrogen-bond acceptors (Lipinski definition) is 3. The zero-order valence-corrected chi connectivity index (χ0v) is 10.4. The number of pyridine rings is 1. The monoisotopic (exact) mass is 219 g/mol. The highest BCUT2D eigenvalue weighted by Gasteiger charge is 2.32. The molecule has 1 unspecified atom stereocenters. The fourth-order valence-electron chi connectivity index (χ4n) is 2.35. The van der Waals surface area contributed by atoms with Crippen molar-refractivity contribution in [2.24, 2.45) is 0 Å². The van der Waals surface area contributed by atoms with E-state index in [4.69, 9.17) is 0 Å². The average Bonchev–Trinajstić information content (AvgIpc) is 2.60. The Labute approximate surface area is 97.9 Å². The lowest BCUT2D eigenvalue weighted by Crippen LogP contribution is -2.32. The molecule has 0 radical (unpaired) electrons. The van der Waals surface area contributed by atoms with Crippen LogP contribution in [0.1, 0.15) is 25.8 Å². The standard InChI is InChI=1S/C13H21N3/c1-13(2)7-12(9-15-13)16(3)10-11-5-4-6-14-8-11/h4-6,8,12,15H,7,9-10H2,1-3H3. The summed E-state index contributed by atoms with van der Waals surface area (Å²) >= 11 is 0. The van der Waals surface area contributed by atoms with Crippen molar-refractivity contribution in [3.05, 3.63) is 30.1 Å². The van der Waals surface area contributed by atoms with E-state index in [1.807, 2.05) is 18.5 Å². The van der Waals surface area contributed by atoms with Crippen molar-refractivity contribution < 1.29 is 0 Å². The van der Waals surface area contributed by atoms with Gasteiger partial charge in [0.15, 0.2) is 0 Å². The number of nitrogens with one attached hydrogen (secondary N) is 1. The van der Waals surface area contributed by atoms with Crippen molar-refractivity contribution >= 4 is 0 Å². The van der Waals surface area contributed by atoms with Crippen molar-refractivity contribution in [3.63, 3.8) is 0 Å². The van der Waals surface area contributed by atoms with E-state index in [0.717, 1.165) is 13.1 Å². The molecule has 0 spiro atoms. The summed E-state index contributed by atoms with van der Waals surface area (Å²) in [5, 5.41) is 3.56. The van der Waals surface area contributed by atoms with Crippen LogP contribution in [0.25, 0.3) is 0 Å². The van der Waals surface area contributed by atoms with Crippen molar-refractivity contribution in [1.82, 2.24) is 15.2 Å². The molecule has 0 aromatic carbocycles. The number of likely N-dealkylation sites (N-methyl/N-ethyl adjacent to an activating group) is 1. The quantitative estimate of drug-likeness (QED) is 0.838. The normalized spacial score (nSPS) is 23.9. The molecule has 0 saturated carbocycles. The molecule has 1 fully saturated rings. The van der Waals surface area contributed by atoms with Gasteiger partial charge < -0.3 is 5.32 Å². The first-order valence-corrected chi connectivity index (χ1v) is 5.91. The van der Waals surface area contributed by atoms with Gasteiger partial charge in [-0.3, -0.25) is 9.88 Å². The second-order valence-corrected chi connectivity index (χ2v) is 5.40. The molecule has 3 heteroatoms. The topological polar surface area (TPSA) is 28.2 Å². The molecule has 1 aromatic rings. The third kappa shape index (κ3) is 2.80. The fourth-order valence-corrected chi connectivity index (χ4v) is 2.35. The molecule has 2 heterocycles. The van der Waals surface area contributed by atoms with Gasteiger partial charge in [-0.1, -0.05) is 6.07 Å². The molecule has 1 aliphatic rings. The molecule has 0 bridgehead atoms. The van der Waals surface area contributed by atoms with Crippen LogP contribution in [0.3, 0.4) is 0 Å². The molecular formula is C13H21N3. The van der Waals surface area contributed by atoms with Crippen LogP contribution in [0.5, 0.6) is 0 Å². The van der Waals surface area contributed by atoms with Crippen LogP contribution >= 0.6 is 0 Å². The minimum atomic E-state index is 0.286. The first-order chi connectivity index (χ1) is 7.57. The van der Waals surface area contributed by atoms with Gasteiger partial charge in [-0.2, -0.15) is 0 Å². The Balaban J connectivity index is 1.92. The van der Waals surface area contributed by atoms with Crippen LogP contribution in [-0.4, -0.2) is 35.1 Å². The van der Waals surface area contributed by atoms with Gasteiger partial charge >= 0.3 is 0 Å². The first-order valence-electron chi connectivity index (χ1n) is 5.91. The number of rotatable bonds is 3. The van der Waals surface area contributed by atoms with Crippen LogP contribution in [-0.2, 0) is 6.54 Å². The summed E-state index contributed by atoms with van der Waals surface area (Å²) in [7, 11) is 2.20. The van der Waals surface area contributed by atoms with E-state index in [1.54, 1.807) is 0 Å². The lowest BCUT2D eigenvalue weighted by Gasteiger charge is -2.24. The van der Waals surface area contributed by atoms with Gasteiger partial charge in [0.1, 0.15) is 0 Å². The average molecular weight is 219 g/mol. The van der Waals surface area contributed by atoms with Crippen molar-refractivity contribution in [2.45, 2.75) is 38.4 Å². The predicted octanol–water partition coefficient (Wildman–Crippen LogP) is 1.65. The molecular weight excluding hydrogens is 198 g/mol. The number of aromatic nitrogens is 1. The van der Waals surface area contributed by atoms with Gasteiger partial charge in [0.25, 0.3) is 0 Å². The van der Waals surface area contributed by atoms with Gasteiger partial charge in [0, 0.05) is 37.1 Å². The minimum absolute atomic E-state index is 0.286. The summed E-state index contributed by atoms with van der Waals surface area (Å²) in [4.78, 5) is 6.57. The van der Waals surface area contributed by atoms with Gasteiger partial charge in [0.2, 0.25) is 0 Å². The Morgan fingerprint density at radius 2 is 2.38 bits per heavy atom. The zero-order valence-electron chi connectivity index (χ0n) is 10.4. The number of nitrogens with zero attached hydrogens (tertiary/aromatic N) is 2. The maximum absolute atomic E-state index is 4.15. The number of hydrogen-bond donors (Lipinski definition) is 1. The molecule has 1 N–H and O–H groups in total. The molecule has 1 aromatic heterocycles. The first kappa shape index (κ1) is 11.6. The second-order valence-electron chi connectivity index (χ2n) is 5.40. The van der Waals surface area contributed by atoms with E-state index in [0.29, 0.717) is 6.04 Å². The van der Waals surface area contributed by atoms with Crippen LogP contribution < -0.4 is 5.32 Å². The van der Waals surface area contributed by atoms with E-state index >= 15 is 0 Å². The third-order valence-corrected chi connectivity index (χ3v) is 3.34. The molecule has 16 heavy (non-hydrogen) atoms. The Kier molecular flexibility index (Phi) is 3.26. The molecule has 1 aliphatic heterocycles. The Bertz CT molecular complexity index is 334. The molecule has 0 aliphatic carbocycles. The van der Waals surface area contributed by atoms with Crippen molar-refractivity contribution in [3.8, 4) is 0 Å². The lowest BCUT2D eigenvalue weighted by atomic mass is 10.0. The maximum atomic E-state index is 4.15. The van der Waals surface area contributed by atoms with Crippen LogP contribution in [0.4, 0.5) is 0 Å². The highest BCUT2D eigenvalue weighted by atomic mass is 15.2. The van der Waals surface area contributed by atoms with E-state index in [2.05, 4.69) is 42.2 Å². The highest BCUT2D eigenvalue weighted by molar-refractivity contribution is 5.08. The molecule has 88 valence electrons. The summed E-state index contributed by atoms with van der Waals surface area (Å²) in [5.74, 6) is 0. The van der Waals surface area contributed by atoms with Crippen LogP contribution in [0, 0.1) is 0 Å². The Hall–Kier alpha value is -0.930. The SMILES string of the molecule is CN(Cc1cccnc1)C1CNC(C)(C)C1. The summed E-state index contributed by atoms with van der Waals surface area (Å²) in [6.45, 7) is 6.61. The Morgan fingerprint density at radius 3 is 2.94 bits per heavy atom. The van der Waals surface area contributed by atoms with Gasteiger partial charge in [0.05, 0.1) is 0 Å². The molecule has 0 amide bonds. The summed E-state index contributed by atoms with van der Waals surface area (Å²) in [5.41, 5.74) is 1.57. The minimum Gasteiger partial charge on any atom is -0.310 e.